The molecule has 1 fully saturated rings. The Balaban J connectivity index is 1.47. The van der Waals surface area contributed by atoms with Crippen LogP contribution in [0.5, 0.6) is 0 Å². The van der Waals surface area contributed by atoms with Gasteiger partial charge in [0.05, 0.1) is 12.3 Å². The molecule has 110 valence electrons. The van der Waals surface area contributed by atoms with Gasteiger partial charge in [0.1, 0.15) is 5.76 Å². The second-order valence-corrected chi connectivity index (χ2v) is 6.06. The summed E-state index contributed by atoms with van der Waals surface area (Å²) in [6, 6.07) is 2.17. The zero-order valence-corrected chi connectivity index (χ0v) is 12.0. The van der Waals surface area contributed by atoms with Gasteiger partial charge in [0, 0.05) is 18.4 Å². The second-order valence-electron chi connectivity index (χ2n) is 6.06. The lowest BCUT2D eigenvalue weighted by molar-refractivity contribution is -0.122. The molecular formula is C16H24N2O2. The number of hydrogen-bond donors (Lipinski definition) is 2. The van der Waals surface area contributed by atoms with E-state index in [4.69, 9.17) is 4.42 Å². The molecule has 2 unspecified atom stereocenters. The largest absolute Gasteiger partial charge is 0.469 e. The van der Waals surface area contributed by atoms with Gasteiger partial charge in [-0.3, -0.25) is 4.79 Å². The molecule has 0 saturated carbocycles. The third-order valence-electron chi connectivity index (χ3n) is 4.57. The van der Waals surface area contributed by atoms with E-state index in [0.29, 0.717) is 12.3 Å². The Morgan fingerprint density at radius 2 is 2.35 bits per heavy atom. The van der Waals surface area contributed by atoms with Crippen LogP contribution in [0.25, 0.3) is 0 Å². The molecule has 1 saturated heterocycles. The molecule has 2 aliphatic rings. The molecule has 4 heteroatoms. The average molecular weight is 276 g/mol. The van der Waals surface area contributed by atoms with E-state index < -0.39 is 0 Å². The van der Waals surface area contributed by atoms with E-state index in [9.17, 15) is 4.79 Å². The highest BCUT2D eigenvalue weighted by Gasteiger charge is 2.24. The summed E-state index contributed by atoms with van der Waals surface area (Å²) < 4.78 is 5.46. The molecule has 1 aromatic heterocycles. The first kappa shape index (κ1) is 13.7. The van der Waals surface area contributed by atoms with Gasteiger partial charge in [0.25, 0.3) is 0 Å². The number of carbonyl (C=O) groups excluding carboxylic acids is 1. The van der Waals surface area contributed by atoms with E-state index in [2.05, 4.69) is 10.6 Å². The molecule has 2 heterocycles. The number of hydrogen-bond acceptors (Lipinski definition) is 3. The van der Waals surface area contributed by atoms with Crippen LogP contribution in [0.1, 0.15) is 55.9 Å². The minimum atomic E-state index is 0.162. The lowest BCUT2D eigenvalue weighted by Gasteiger charge is -2.24. The second kappa shape index (κ2) is 6.44. The molecule has 3 rings (SSSR count). The van der Waals surface area contributed by atoms with Gasteiger partial charge in [0.15, 0.2) is 0 Å². The predicted octanol–water partition coefficient (Wildman–Crippen LogP) is 2.55. The van der Waals surface area contributed by atoms with Crippen LogP contribution in [0.2, 0.25) is 0 Å². The maximum absolute atomic E-state index is 12.1. The fourth-order valence-electron chi connectivity index (χ4n) is 3.41. The maximum Gasteiger partial charge on any atom is 0.220 e. The molecule has 4 nitrogen and oxygen atoms in total. The van der Waals surface area contributed by atoms with Crippen molar-refractivity contribution in [3.05, 3.63) is 23.7 Å². The van der Waals surface area contributed by atoms with Crippen molar-refractivity contribution in [2.24, 2.45) is 5.92 Å². The van der Waals surface area contributed by atoms with Gasteiger partial charge in [-0.25, -0.2) is 0 Å². The molecule has 2 N–H and O–H groups in total. The standard InChI is InChI=1S/C16H24N2O2/c19-16(7-6-12-3-2-9-17-11-12)18-14-4-1-5-15-13(14)8-10-20-15/h8,10,12,14,17H,1-7,9,11H2,(H,18,19). The van der Waals surface area contributed by atoms with Crippen molar-refractivity contribution >= 4 is 5.91 Å². The van der Waals surface area contributed by atoms with Gasteiger partial charge in [0.2, 0.25) is 5.91 Å². The molecule has 1 aliphatic carbocycles. The number of rotatable bonds is 4. The van der Waals surface area contributed by atoms with Crippen LogP contribution in [0.15, 0.2) is 16.7 Å². The molecule has 0 bridgehead atoms. The molecule has 1 amide bonds. The van der Waals surface area contributed by atoms with E-state index >= 15 is 0 Å². The minimum absolute atomic E-state index is 0.162. The number of furan rings is 1. The predicted molar refractivity (Wildman–Crippen MR) is 77.4 cm³/mol. The highest BCUT2D eigenvalue weighted by Crippen LogP contribution is 2.30. The summed E-state index contributed by atoms with van der Waals surface area (Å²) in [5.41, 5.74) is 1.18. The third kappa shape index (κ3) is 3.23. The van der Waals surface area contributed by atoms with Crippen molar-refractivity contribution in [3.8, 4) is 0 Å². The van der Waals surface area contributed by atoms with Crippen LogP contribution in [0, 0.1) is 5.92 Å². The monoisotopic (exact) mass is 276 g/mol. The van der Waals surface area contributed by atoms with Gasteiger partial charge in [-0.1, -0.05) is 0 Å². The smallest absolute Gasteiger partial charge is 0.220 e. The van der Waals surface area contributed by atoms with Crippen LogP contribution in [0.4, 0.5) is 0 Å². The number of aryl methyl sites for hydroxylation is 1. The molecule has 1 aromatic rings. The SMILES string of the molecule is O=C(CCC1CCCNC1)NC1CCCc2occc21. The molecule has 0 aromatic carbocycles. The van der Waals surface area contributed by atoms with Crippen molar-refractivity contribution < 1.29 is 9.21 Å². The van der Waals surface area contributed by atoms with Crippen molar-refractivity contribution in [2.75, 3.05) is 13.1 Å². The lowest BCUT2D eigenvalue weighted by atomic mass is 9.92. The molecule has 0 spiro atoms. The van der Waals surface area contributed by atoms with E-state index in [1.165, 1.54) is 18.4 Å². The lowest BCUT2D eigenvalue weighted by Crippen LogP contribution is -2.33. The van der Waals surface area contributed by atoms with Crippen LogP contribution in [0.3, 0.4) is 0 Å². The number of piperidine rings is 1. The van der Waals surface area contributed by atoms with Crippen LogP contribution >= 0.6 is 0 Å². The van der Waals surface area contributed by atoms with Gasteiger partial charge < -0.3 is 15.1 Å². The van der Waals surface area contributed by atoms with Gasteiger partial charge in [-0.05, 0) is 57.2 Å². The summed E-state index contributed by atoms with van der Waals surface area (Å²) in [7, 11) is 0. The van der Waals surface area contributed by atoms with Crippen LogP contribution in [-0.4, -0.2) is 19.0 Å². The fraction of sp³-hybridized carbons (Fsp3) is 0.688. The zero-order valence-electron chi connectivity index (χ0n) is 12.0. The van der Waals surface area contributed by atoms with Crippen molar-refractivity contribution in [3.63, 3.8) is 0 Å². The van der Waals surface area contributed by atoms with E-state index in [1.807, 2.05) is 6.07 Å². The summed E-state index contributed by atoms with van der Waals surface area (Å²) in [4.78, 5) is 12.1. The van der Waals surface area contributed by atoms with E-state index in [-0.39, 0.29) is 11.9 Å². The first-order valence-corrected chi connectivity index (χ1v) is 7.89. The van der Waals surface area contributed by atoms with E-state index in [0.717, 1.165) is 44.5 Å². The molecular weight excluding hydrogens is 252 g/mol. The molecule has 0 radical (unpaired) electrons. The fourth-order valence-corrected chi connectivity index (χ4v) is 3.41. The number of amides is 1. The number of fused-ring (bicyclic) bond motifs is 1. The Bertz CT molecular complexity index is 449. The van der Waals surface area contributed by atoms with Crippen molar-refractivity contribution in [1.82, 2.24) is 10.6 Å². The number of nitrogens with one attached hydrogen (secondary N) is 2. The Morgan fingerprint density at radius 3 is 3.20 bits per heavy atom. The summed E-state index contributed by atoms with van der Waals surface area (Å²) in [5, 5.41) is 6.59. The van der Waals surface area contributed by atoms with Gasteiger partial charge in [-0.2, -0.15) is 0 Å². The summed E-state index contributed by atoms with van der Waals surface area (Å²) in [5.74, 6) is 1.91. The highest BCUT2D eigenvalue weighted by molar-refractivity contribution is 5.76. The molecule has 1 aliphatic heterocycles. The normalized spacial score (nSPS) is 26.0. The van der Waals surface area contributed by atoms with Crippen LogP contribution < -0.4 is 10.6 Å². The Morgan fingerprint density at radius 1 is 1.40 bits per heavy atom. The van der Waals surface area contributed by atoms with Crippen molar-refractivity contribution in [2.45, 2.75) is 51.0 Å². The maximum atomic E-state index is 12.1. The van der Waals surface area contributed by atoms with Gasteiger partial charge >= 0.3 is 0 Å². The molecule has 2 atom stereocenters. The first-order chi connectivity index (χ1) is 9.83. The average Bonchev–Trinajstić information content (AvgIpc) is 2.96. The van der Waals surface area contributed by atoms with E-state index in [1.54, 1.807) is 6.26 Å². The summed E-state index contributed by atoms with van der Waals surface area (Å²) in [6.07, 6.45) is 9.02. The van der Waals surface area contributed by atoms with Gasteiger partial charge in [-0.15, -0.1) is 0 Å². The summed E-state index contributed by atoms with van der Waals surface area (Å²) in [6.45, 7) is 2.20. The topological polar surface area (TPSA) is 54.3 Å². The third-order valence-corrected chi connectivity index (χ3v) is 4.57. The van der Waals surface area contributed by atoms with Crippen molar-refractivity contribution in [1.29, 1.82) is 0 Å². The Labute approximate surface area is 120 Å². The van der Waals surface area contributed by atoms with Crippen LogP contribution in [-0.2, 0) is 11.2 Å². The Kier molecular flexibility index (Phi) is 4.41. The molecule has 20 heavy (non-hydrogen) atoms. The highest BCUT2D eigenvalue weighted by atomic mass is 16.3. The quantitative estimate of drug-likeness (QED) is 0.888. The minimum Gasteiger partial charge on any atom is -0.469 e. The Hall–Kier alpha value is -1.29. The first-order valence-electron chi connectivity index (χ1n) is 7.89. The summed E-state index contributed by atoms with van der Waals surface area (Å²) >= 11 is 0. The number of carbonyl (C=O) groups is 1. The zero-order chi connectivity index (χ0) is 13.8.